The van der Waals surface area contributed by atoms with Gasteiger partial charge < -0.3 is 11.1 Å². The van der Waals surface area contributed by atoms with Crippen molar-refractivity contribution in [3.8, 4) is 0 Å². The number of hydrogen-bond donors (Lipinski definition) is 2. The summed E-state index contributed by atoms with van der Waals surface area (Å²) in [5.74, 6) is 0.986. The Labute approximate surface area is 91.1 Å². The van der Waals surface area contributed by atoms with Gasteiger partial charge in [-0.25, -0.2) is 4.98 Å². The molecule has 1 aromatic rings. The maximum absolute atomic E-state index is 6.09. The number of nitrogens with zero attached hydrogens (tertiary/aromatic N) is 1. The number of rotatable bonds is 2. The summed E-state index contributed by atoms with van der Waals surface area (Å²) >= 11 is 0. The molecule has 0 saturated heterocycles. The summed E-state index contributed by atoms with van der Waals surface area (Å²) in [6.45, 7) is 2.07. The second kappa shape index (κ2) is 4.62. The molecule has 2 unspecified atom stereocenters. The lowest BCUT2D eigenvalue weighted by Gasteiger charge is -2.30. The molecule has 15 heavy (non-hydrogen) atoms. The summed E-state index contributed by atoms with van der Waals surface area (Å²) in [6.07, 6.45) is 6.65. The average Bonchev–Trinajstić information content (AvgIpc) is 2.24. The van der Waals surface area contributed by atoms with Crippen molar-refractivity contribution in [3.05, 3.63) is 23.9 Å². The van der Waals surface area contributed by atoms with Gasteiger partial charge in [-0.1, -0.05) is 18.9 Å². The Balaban J connectivity index is 2.04. The minimum atomic E-state index is 0.278. The monoisotopic (exact) mass is 205 g/mol. The van der Waals surface area contributed by atoms with E-state index in [-0.39, 0.29) is 6.04 Å². The summed E-state index contributed by atoms with van der Waals surface area (Å²) in [6, 6.07) is 4.71. The molecule has 1 aliphatic carbocycles. The number of pyridine rings is 1. The van der Waals surface area contributed by atoms with E-state index in [4.69, 9.17) is 5.73 Å². The summed E-state index contributed by atoms with van der Waals surface area (Å²) < 4.78 is 0. The zero-order chi connectivity index (χ0) is 10.7. The highest BCUT2D eigenvalue weighted by molar-refractivity contribution is 5.43. The van der Waals surface area contributed by atoms with Gasteiger partial charge in [-0.2, -0.15) is 0 Å². The standard InChI is InChI=1S/C12H19N3/c1-9-5-4-8-14-12(9)15-11-7-3-2-6-10(11)13/h4-5,8,10-11H,2-3,6-7,13H2,1H3,(H,14,15). The van der Waals surface area contributed by atoms with Crippen molar-refractivity contribution in [1.82, 2.24) is 4.98 Å². The molecule has 1 heterocycles. The van der Waals surface area contributed by atoms with E-state index < -0.39 is 0 Å². The van der Waals surface area contributed by atoms with Crippen LogP contribution in [0.15, 0.2) is 18.3 Å². The van der Waals surface area contributed by atoms with Crippen LogP contribution >= 0.6 is 0 Å². The van der Waals surface area contributed by atoms with Crippen LogP contribution in [0.4, 0.5) is 5.82 Å². The Hall–Kier alpha value is -1.09. The summed E-state index contributed by atoms with van der Waals surface area (Å²) in [5.41, 5.74) is 7.28. The van der Waals surface area contributed by atoms with Crippen LogP contribution in [-0.4, -0.2) is 17.1 Å². The van der Waals surface area contributed by atoms with Crippen LogP contribution in [0.5, 0.6) is 0 Å². The van der Waals surface area contributed by atoms with Gasteiger partial charge in [0.05, 0.1) is 0 Å². The van der Waals surface area contributed by atoms with Crippen LogP contribution < -0.4 is 11.1 Å². The fourth-order valence-corrected chi connectivity index (χ4v) is 2.15. The van der Waals surface area contributed by atoms with E-state index >= 15 is 0 Å². The molecule has 1 aromatic heterocycles. The van der Waals surface area contributed by atoms with Gasteiger partial charge >= 0.3 is 0 Å². The summed E-state index contributed by atoms with van der Waals surface area (Å²) in [5, 5.41) is 3.46. The molecule has 0 bridgehead atoms. The first-order valence-corrected chi connectivity index (χ1v) is 5.71. The first-order valence-electron chi connectivity index (χ1n) is 5.71. The Morgan fingerprint density at radius 1 is 1.40 bits per heavy atom. The van der Waals surface area contributed by atoms with Gasteiger partial charge in [-0.05, 0) is 31.4 Å². The lowest BCUT2D eigenvalue weighted by molar-refractivity contribution is 0.403. The minimum absolute atomic E-state index is 0.278. The third-order valence-corrected chi connectivity index (χ3v) is 3.15. The molecule has 82 valence electrons. The molecule has 0 amide bonds. The fraction of sp³-hybridized carbons (Fsp3) is 0.583. The lowest BCUT2D eigenvalue weighted by Crippen LogP contribution is -2.42. The van der Waals surface area contributed by atoms with Crippen molar-refractivity contribution in [1.29, 1.82) is 0 Å². The highest BCUT2D eigenvalue weighted by Gasteiger charge is 2.21. The second-order valence-electron chi connectivity index (χ2n) is 4.37. The lowest BCUT2D eigenvalue weighted by atomic mass is 9.91. The van der Waals surface area contributed by atoms with Gasteiger partial charge in [0, 0.05) is 18.3 Å². The molecule has 3 nitrogen and oxygen atoms in total. The molecule has 1 aliphatic rings. The minimum Gasteiger partial charge on any atom is -0.366 e. The van der Waals surface area contributed by atoms with Crippen LogP contribution in [0.2, 0.25) is 0 Å². The quantitative estimate of drug-likeness (QED) is 0.777. The van der Waals surface area contributed by atoms with Crippen molar-refractivity contribution in [2.75, 3.05) is 5.32 Å². The number of nitrogens with one attached hydrogen (secondary N) is 1. The number of hydrogen-bond acceptors (Lipinski definition) is 3. The largest absolute Gasteiger partial charge is 0.366 e. The molecule has 0 radical (unpaired) electrons. The third kappa shape index (κ3) is 2.48. The van der Waals surface area contributed by atoms with Gasteiger partial charge in [0.25, 0.3) is 0 Å². The van der Waals surface area contributed by atoms with Crippen molar-refractivity contribution < 1.29 is 0 Å². The van der Waals surface area contributed by atoms with Gasteiger partial charge in [-0.15, -0.1) is 0 Å². The number of nitrogens with two attached hydrogens (primary N) is 1. The van der Waals surface area contributed by atoms with Crippen LogP contribution in [-0.2, 0) is 0 Å². The molecular weight excluding hydrogens is 186 g/mol. The molecule has 0 spiro atoms. The first-order chi connectivity index (χ1) is 7.27. The zero-order valence-electron chi connectivity index (χ0n) is 9.24. The molecule has 3 heteroatoms. The Morgan fingerprint density at radius 2 is 2.20 bits per heavy atom. The SMILES string of the molecule is Cc1cccnc1NC1CCCCC1N. The summed E-state index contributed by atoms with van der Waals surface area (Å²) in [4.78, 5) is 4.34. The van der Waals surface area contributed by atoms with Crippen molar-refractivity contribution in [3.63, 3.8) is 0 Å². The van der Waals surface area contributed by atoms with Crippen molar-refractivity contribution in [2.24, 2.45) is 5.73 Å². The number of aryl methyl sites for hydroxylation is 1. The molecule has 1 saturated carbocycles. The van der Waals surface area contributed by atoms with Crippen LogP contribution in [0, 0.1) is 6.92 Å². The van der Waals surface area contributed by atoms with Crippen molar-refractivity contribution >= 4 is 5.82 Å². The van der Waals surface area contributed by atoms with Crippen LogP contribution in [0.25, 0.3) is 0 Å². The second-order valence-corrected chi connectivity index (χ2v) is 4.37. The predicted octanol–water partition coefficient (Wildman–Crippen LogP) is 2.07. The molecule has 2 atom stereocenters. The molecule has 2 rings (SSSR count). The highest BCUT2D eigenvalue weighted by atomic mass is 15.0. The first kappa shape index (κ1) is 10.4. The van der Waals surface area contributed by atoms with Gasteiger partial charge in [-0.3, -0.25) is 0 Å². The maximum Gasteiger partial charge on any atom is 0.129 e. The molecule has 0 aromatic carbocycles. The van der Waals surface area contributed by atoms with Gasteiger partial charge in [0.2, 0.25) is 0 Å². The molecule has 1 fully saturated rings. The molecular formula is C12H19N3. The van der Waals surface area contributed by atoms with Crippen molar-refractivity contribution in [2.45, 2.75) is 44.7 Å². The predicted molar refractivity (Wildman–Crippen MR) is 62.8 cm³/mol. The van der Waals surface area contributed by atoms with Crippen LogP contribution in [0.1, 0.15) is 31.2 Å². The zero-order valence-corrected chi connectivity index (χ0v) is 9.24. The van der Waals surface area contributed by atoms with E-state index in [1.165, 1.54) is 18.4 Å². The van der Waals surface area contributed by atoms with E-state index in [0.29, 0.717) is 6.04 Å². The third-order valence-electron chi connectivity index (χ3n) is 3.15. The Bertz CT molecular complexity index is 324. The average molecular weight is 205 g/mol. The highest BCUT2D eigenvalue weighted by Crippen LogP contribution is 2.21. The van der Waals surface area contributed by atoms with E-state index in [2.05, 4.69) is 23.3 Å². The number of aromatic nitrogens is 1. The van der Waals surface area contributed by atoms with E-state index in [1.54, 1.807) is 0 Å². The summed E-state index contributed by atoms with van der Waals surface area (Å²) in [7, 11) is 0. The topological polar surface area (TPSA) is 50.9 Å². The molecule has 3 N–H and O–H groups in total. The maximum atomic E-state index is 6.09. The van der Waals surface area contributed by atoms with E-state index in [9.17, 15) is 0 Å². The smallest absolute Gasteiger partial charge is 0.129 e. The Morgan fingerprint density at radius 3 is 2.93 bits per heavy atom. The van der Waals surface area contributed by atoms with Crippen LogP contribution in [0.3, 0.4) is 0 Å². The van der Waals surface area contributed by atoms with Gasteiger partial charge in [0.15, 0.2) is 0 Å². The number of anilines is 1. The van der Waals surface area contributed by atoms with E-state index in [0.717, 1.165) is 18.7 Å². The normalized spacial score (nSPS) is 26.3. The van der Waals surface area contributed by atoms with Gasteiger partial charge in [0.1, 0.15) is 5.82 Å². The molecule has 0 aliphatic heterocycles. The fourth-order valence-electron chi connectivity index (χ4n) is 2.15. The van der Waals surface area contributed by atoms with E-state index in [1.807, 2.05) is 12.3 Å². The Kier molecular flexibility index (Phi) is 3.21.